The molecule has 1 saturated carbocycles. The third kappa shape index (κ3) is 4.53. The van der Waals surface area contributed by atoms with Crippen molar-refractivity contribution in [3.8, 4) is 0 Å². The van der Waals surface area contributed by atoms with Gasteiger partial charge >= 0.3 is 18.0 Å². The molecule has 4 rings (SSSR count). The molecule has 0 bridgehead atoms. The zero-order valence-corrected chi connectivity index (χ0v) is 18.5. The standard InChI is InChI=1S/C21H24F7N5O2/c1-8-16-13(18(34)31-19(35)33(16)10-2-3-10)15(30)14(22)17(8)32-5-4-9(7-32)11(29)6-12(20(23,24)25)21(26,27)28/h6,8-11,17H,2-5,7,29-30H2,1H3,(H,31,34,35). The topological polar surface area (TPSA) is 110 Å². The summed E-state index contributed by atoms with van der Waals surface area (Å²) in [5.74, 6) is -2.39. The summed E-state index contributed by atoms with van der Waals surface area (Å²) < 4.78 is 94.3. The van der Waals surface area contributed by atoms with E-state index in [0.29, 0.717) is 12.8 Å². The Morgan fingerprint density at radius 2 is 1.71 bits per heavy atom. The number of H-pyrrole nitrogens is 1. The molecule has 3 aliphatic rings. The van der Waals surface area contributed by atoms with Crippen molar-refractivity contribution in [1.82, 2.24) is 14.5 Å². The quantitative estimate of drug-likeness (QED) is 0.426. The number of alkyl halides is 6. The van der Waals surface area contributed by atoms with E-state index in [1.165, 1.54) is 9.47 Å². The zero-order chi connectivity index (χ0) is 26.0. The smallest absolute Gasteiger partial charge is 0.396 e. The molecule has 0 amide bonds. The number of fused-ring (bicyclic) bond motifs is 1. The van der Waals surface area contributed by atoms with Crippen LogP contribution < -0.4 is 22.7 Å². The van der Waals surface area contributed by atoms with Gasteiger partial charge in [-0.3, -0.25) is 19.2 Å². The first-order chi connectivity index (χ1) is 16.1. The Morgan fingerprint density at radius 3 is 2.26 bits per heavy atom. The number of allylic oxidation sites excluding steroid dienone is 1. The molecule has 1 aliphatic heterocycles. The van der Waals surface area contributed by atoms with E-state index in [1.807, 2.05) is 0 Å². The van der Waals surface area contributed by atoms with Crippen molar-refractivity contribution in [2.75, 3.05) is 13.1 Å². The van der Waals surface area contributed by atoms with E-state index in [0.717, 1.165) is 0 Å². The Hall–Kier alpha value is -2.61. The summed E-state index contributed by atoms with van der Waals surface area (Å²) in [6.45, 7) is 1.63. The number of nitrogens with one attached hydrogen (secondary N) is 1. The summed E-state index contributed by atoms with van der Waals surface area (Å²) in [5.41, 5.74) is 7.24. The van der Waals surface area contributed by atoms with Gasteiger partial charge in [0, 0.05) is 30.2 Å². The molecule has 5 N–H and O–H groups in total. The van der Waals surface area contributed by atoms with Crippen molar-refractivity contribution in [2.45, 2.75) is 62.6 Å². The summed E-state index contributed by atoms with van der Waals surface area (Å²) >= 11 is 0. The minimum absolute atomic E-state index is 0.0291. The van der Waals surface area contributed by atoms with Gasteiger partial charge in [0.2, 0.25) is 0 Å². The van der Waals surface area contributed by atoms with E-state index < -0.39 is 64.6 Å². The minimum atomic E-state index is -5.63. The van der Waals surface area contributed by atoms with Crippen molar-refractivity contribution in [3.05, 3.63) is 49.6 Å². The second-order valence-electron chi connectivity index (χ2n) is 9.31. The van der Waals surface area contributed by atoms with E-state index >= 15 is 4.39 Å². The molecule has 14 heteroatoms. The van der Waals surface area contributed by atoms with Gasteiger partial charge in [-0.25, -0.2) is 9.18 Å². The van der Waals surface area contributed by atoms with E-state index in [4.69, 9.17) is 11.5 Å². The van der Waals surface area contributed by atoms with Crippen molar-refractivity contribution in [2.24, 2.45) is 17.4 Å². The van der Waals surface area contributed by atoms with E-state index in [9.17, 15) is 35.9 Å². The molecule has 7 nitrogen and oxygen atoms in total. The molecule has 2 aliphatic carbocycles. The average molecular weight is 511 g/mol. The fourth-order valence-electron chi connectivity index (χ4n) is 5.15. The van der Waals surface area contributed by atoms with Crippen LogP contribution in [0, 0.1) is 5.92 Å². The van der Waals surface area contributed by atoms with Crippen LogP contribution in [0.15, 0.2) is 27.1 Å². The highest BCUT2D eigenvalue weighted by Crippen LogP contribution is 2.44. The zero-order valence-electron chi connectivity index (χ0n) is 18.5. The lowest BCUT2D eigenvalue weighted by Crippen LogP contribution is -2.47. The van der Waals surface area contributed by atoms with Gasteiger partial charge in [-0.05, 0) is 31.7 Å². The molecular formula is C21H24F7N5O2. The van der Waals surface area contributed by atoms with E-state index in [1.54, 1.807) is 6.92 Å². The highest BCUT2D eigenvalue weighted by molar-refractivity contribution is 5.70. The van der Waals surface area contributed by atoms with Crippen LogP contribution in [-0.4, -0.2) is 52.0 Å². The first-order valence-corrected chi connectivity index (χ1v) is 11.0. The van der Waals surface area contributed by atoms with Crippen LogP contribution in [0.2, 0.25) is 0 Å². The number of aromatic amines is 1. The molecule has 1 saturated heterocycles. The molecule has 35 heavy (non-hydrogen) atoms. The highest BCUT2D eigenvalue weighted by Gasteiger charge is 2.51. The van der Waals surface area contributed by atoms with Crippen LogP contribution in [0.4, 0.5) is 30.7 Å². The molecule has 4 unspecified atom stereocenters. The molecule has 4 atom stereocenters. The summed E-state index contributed by atoms with van der Waals surface area (Å²) in [6, 6.07) is -2.81. The van der Waals surface area contributed by atoms with Gasteiger partial charge in [-0.15, -0.1) is 0 Å². The van der Waals surface area contributed by atoms with Crippen LogP contribution in [0.3, 0.4) is 0 Å². The number of aromatic nitrogens is 2. The second-order valence-corrected chi connectivity index (χ2v) is 9.31. The Labute approximate surface area is 194 Å². The van der Waals surface area contributed by atoms with Gasteiger partial charge in [0.15, 0.2) is 0 Å². The monoisotopic (exact) mass is 511 g/mol. The molecule has 0 spiro atoms. The normalized spacial score (nSPS) is 26.6. The summed E-state index contributed by atoms with van der Waals surface area (Å²) in [7, 11) is 0. The third-order valence-corrected chi connectivity index (χ3v) is 6.95. The molecular weight excluding hydrogens is 487 g/mol. The predicted octanol–water partition coefficient (Wildman–Crippen LogP) is 2.65. The predicted molar refractivity (Wildman–Crippen MR) is 112 cm³/mol. The van der Waals surface area contributed by atoms with Gasteiger partial charge in [-0.1, -0.05) is 13.0 Å². The first kappa shape index (κ1) is 25.5. The van der Waals surface area contributed by atoms with Crippen molar-refractivity contribution in [3.63, 3.8) is 0 Å². The van der Waals surface area contributed by atoms with Gasteiger partial charge in [0.05, 0.1) is 17.3 Å². The Morgan fingerprint density at radius 1 is 1.11 bits per heavy atom. The Bertz CT molecular complexity index is 1180. The summed E-state index contributed by atoms with van der Waals surface area (Å²) in [4.78, 5) is 28.6. The number of rotatable bonds is 4. The molecule has 194 valence electrons. The first-order valence-electron chi connectivity index (χ1n) is 11.0. The third-order valence-electron chi connectivity index (χ3n) is 6.95. The number of hydrogen-bond donors (Lipinski definition) is 3. The van der Waals surface area contributed by atoms with Crippen LogP contribution in [0.1, 0.15) is 49.4 Å². The Balaban J connectivity index is 1.65. The van der Waals surface area contributed by atoms with Gasteiger partial charge in [-0.2, -0.15) is 26.3 Å². The largest absolute Gasteiger partial charge is 0.421 e. The highest BCUT2D eigenvalue weighted by atomic mass is 19.4. The van der Waals surface area contributed by atoms with Crippen molar-refractivity contribution >= 4 is 5.70 Å². The lowest BCUT2D eigenvalue weighted by molar-refractivity contribution is -0.172. The molecule has 0 radical (unpaired) electrons. The van der Waals surface area contributed by atoms with Gasteiger partial charge < -0.3 is 11.5 Å². The number of nitrogens with two attached hydrogens (primary N) is 2. The maximum atomic E-state index is 15.4. The average Bonchev–Trinajstić information content (AvgIpc) is 3.44. The molecule has 0 aromatic carbocycles. The minimum Gasteiger partial charge on any atom is -0.396 e. The fraction of sp³-hybridized carbons (Fsp3) is 0.619. The molecule has 1 aromatic heterocycles. The maximum absolute atomic E-state index is 15.4. The lowest BCUT2D eigenvalue weighted by Gasteiger charge is -2.37. The van der Waals surface area contributed by atoms with Crippen molar-refractivity contribution < 1.29 is 30.7 Å². The van der Waals surface area contributed by atoms with E-state index in [2.05, 4.69) is 4.98 Å². The van der Waals surface area contributed by atoms with Crippen LogP contribution in [0.5, 0.6) is 0 Å². The van der Waals surface area contributed by atoms with Crippen LogP contribution in [0.25, 0.3) is 5.70 Å². The lowest BCUT2D eigenvalue weighted by atomic mass is 9.85. The molecule has 2 fully saturated rings. The molecule has 2 heterocycles. The SMILES string of the molecule is CC1c2c(c(=O)[nH]c(=O)n2C2CC2)C(N)=C(F)C1N1CCC(C(N)C=C(C(F)(F)F)C(F)(F)F)C1. The van der Waals surface area contributed by atoms with E-state index in [-0.39, 0.29) is 42.9 Å². The number of likely N-dealkylation sites (tertiary alicyclic amines) is 1. The second kappa shape index (κ2) is 8.50. The summed E-state index contributed by atoms with van der Waals surface area (Å²) in [5, 5.41) is 0. The summed E-state index contributed by atoms with van der Waals surface area (Å²) in [6.07, 6.45) is -9.78. The van der Waals surface area contributed by atoms with Crippen LogP contribution in [-0.2, 0) is 0 Å². The fourth-order valence-corrected chi connectivity index (χ4v) is 5.15. The van der Waals surface area contributed by atoms with Crippen molar-refractivity contribution in [1.29, 1.82) is 0 Å². The maximum Gasteiger partial charge on any atom is 0.421 e. The Kier molecular flexibility index (Phi) is 6.19. The van der Waals surface area contributed by atoms with Gasteiger partial charge in [0.1, 0.15) is 11.4 Å². The van der Waals surface area contributed by atoms with Gasteiger partial charge in [0.25, 0.3) is 5.56 Å². The molecule has 1 aromatic rings. The number of hydrogen-bond acceptors (Lipinski definition) is 5. The number of halogens is 7. The number of nitrogens with zero attached hydrogens (tertiary/aromatic N) is 2. The van der Waals surface area contributed by atoms with Crippen LogP contribution >= 0.6 is 0 Å².